The molecule has 1 aliphatic carbocycles. The van der Waals surface area contributed by atoms with E-state index in [-0.39, 0.29) is 5.75 Å². The lowest BCUT2D eigenvalue weighted by Gasteiger charge is -2.06. The van der Waals surface area contributed by atoms with Gasteiger partial charge < -0.3 is 5.73 Å². The average molecular weight is 314 g/mol. The predicted molar refractivity (Wildman–Crippen MR) is 85.3 cm³/mol. The summed E-state index contributed by atoms with van der Waals surface area (Å²) in [5, 5.41) is 0. The third-order valence-corrected chi connectivity index (χ3v) is 5.97. The van der Waals surface area contributed by atoms with Crippen LogP contribution in [0.5, 0.6) is 0 Å². The molecule has 1 saturated carbocycles. The molecule has 112 valence electrons. The number of nitrogens with one attached hydrogen (secondary N) is 1. The van der Waals surface area contributed by atoms with Gasteiger partial charge in [-0.1, -0.05) is 12.8 Å². The second-order valence-corrected chi connectivity index (χ2v) is 8.31. The van der Waals surface area contributed by atoms with Gasteiger partial charge in [0.05, 0.1) is 5.75 Å². The Hall–Kier alpha value is -0.720. The van der Waals surface area contributed by atoms with Crippen LogP contribution in [-0.2, 0) is 10.0 Å². The Labute approximate surface area is 125 Å². The smallest absolute Gasteiger partial charge is 0.212 e. The average Bonchev–Trinajstić information content (AvgIpc) is 3.21. The molecule has 3 N–H and O–H groups in total. The number of anilines is 1. The van der Waals surface area contributed by atoms with Crippen LogP contribution < -0.4 is 10.5 Å². The molecule has 0 heterocycles. The van der Waals surface area contributed by atoms with Gasteiger partial charge in [-0.25, -0.2) is 13.1 Å². The lowest BCUT2D eigenvalue weighted by atomic mass is 10.2. The fourth-order valence-electron chi connectivity index (χ4n) is 1.93. The SMILES string of the molecule is Nc1ccc(SCCS(=O)(=O)NCCCC2CC2)cc1. The minimum Gasteiger partial charge on any atom is -0.399 e. The van der Waals surface area contributed by atoms with Crippen LogP contribution in [0.2, 0.25) is 0 Å². The van der Waals surface area contributed by atoms with Crippen molar-refractivity contribution in [2.45, 2.75) is 30.6 Å². The molecule has 4 nitrogen and oxygen atoms in total. The van der Waals surface area contributed by atoms with Gasteiger partial charge in [-0.2, -0.15) is 0 Å². The van der Waals surface area contributed by atoms with Gasteiger partial charge >= 0.3 is 0 Å². The maximum absolute atomic E-state index is 11.8. The summed E-state index contributed by atoms with van der Waals surface area (Å²) in [6, 6.07) is 7.48. The minimum absolute atomic E-state index is 0.158. The standard InChI is InChI=1S/C14H22N2O2S2/c15-13-5-7-14(8-6-13)19-10-11-20(17,18)16-9-1-2-12-3-4-12/h5-8,12,16H,1-4,9-11,15H2. The summed E-state index contributed by atoms with van der Waals surface area (Å²) in [5.74, 6) is 1.58. The monoisotopic (exact) mass is 314 g/mol. The highest BCUT2D eigenvalue weighted by atomic mass is 32.2. The van der Waals surface area contributed by atoms with E-state index in [0.29, 0.717) is 12.3 Å². The highest BCUT2D eigenvalue weighted by Crippen LogP contribution is 2.33. The van der Waals surface area contributed by atoms with Gasteiger partial charge in [-0.15, -0.1) is 11.8 Å². The molecule has 0 atom stereocenters. The van der Waals surface area contributed by atoms with Crippen LogP contribution >= 0.6 is 11.8 Å². The highest BCUT2D eigenvalue weighted by molar-refractivity contribution is 8.00. The van der Waals surface area contributed by atoms with Crippen molar-refractivity contribution in [3.05, 3.63) is 24.3 Å². The molecule has 1 aromatic rings. The Morgan fingerprint density at radius 3 is 2.60 bits per heavy atom. The molecule has 6 heteroatoms. The van der Waals surface area contributed by atoms with E-state index in [1.165, 1.54) is 24.6 Å². The summed E-state index contributed by atoms with van der Waals surface area (Å²) in [6.45, 7) is 0.575. The van der Waals surface area contributed by atoms with Crippen LogP contribution in [0.25, 0.3) is 0 Å². The summed E-state index contributed by atoms with van der Waals surface area (Å²) >= 11 is 1.54. The number of benzene rings is 1. The lowest BCUT2D eigenvalue weighted by molar-refractivity contribution is 0.574. The van der Waals surface area contributed by atoms with E-state index in [9.17, 15) is 8.42 Å². The normalized spacial score (nSPS) is 15.4. The second kappa shape index (κ2) is 7.33. The molecule has 1 aliphatic rings. The van der Waals surface area contributed by atoms with Crippen LogP contribution in [0.15, 0.2) is 29.2 Å². The topological polar surface area (TPSA) is 72.2 Å². The molecule has 0 aromatic heterocycles. The van der Waals surface area contributed by atoms with Gasteiger partial charge in [0.2, 0.25) is 10.0 Å². The van der Waals surface area contributed by atoms with Gasteiger partial charge in [-0.05, 0) is 43.0 Å². The molecule has 0 amide bonds. The van der Waals surface area contributed by atoms with Crippen molar-refractivity contribution in [2.24, 2.45) is 5.92 Å². The number of nitrogen functional groups attached to an aromatic ring is 1. The molecular weight excluding hydrogens is 292 g/mol. The zero-order valence-electron chi connectivity index (χ0n) is 11.5. The third kappa shape index (κ3) is 6.15. The van der Waals surface area contributed by atoms with Gasteiger partial charge in [0, 0.05) is 22.9 Å². The van der Waals surface area contributed by atoms with Crippen molar-refractivity contribution in [1.82, 2.24) is 4.72 Å². The number of nitrogens with two attached hydrogens (primary N) is 1. The Morgan fingerprint density at radius 1 is 1.25 bits per heavy atom. The minimum atomic E-state index is -3.13. The van der Waals surface area contributed by atoms with Crippen molar-refractivity contribution in [1.29, 1.82) is 0 Å². The molecule has 0 unspecified atom stereocenters. The van der Waals surface area contributed by atoms with Crippen LogP contribution in [0, 0.1) is 5.92 Å². The van der Waals surface area contributed by atoms with E-state index in [1.807, 2.05) is 24.3 Å². The van der Waals surface area contributed by atoms with E-state index in [2.05, 4.69) is 4.72 Å². The Morgan fingerprint density at radius 2 is 1.95 bits per heavy atom. The van der Waals surface area contributed by atoms with E-state index in [1.54, 1.807) is 0 Å². The number of thioether (sulfide) groups is 1. The van der Waals surface area contributed by atoms with Crippen LogP contribution in [0.4, 0.5) is 5.69 Å². The fraction of sp³-hybridized carbons (Fsp3) is 0.571. The Balaban J connectivity index is 1.62. The quantitative estimate of drug-likeness (QED) is 0.417. The summed E-state index contributed by atoms with van der Waals surface area (Å²) in [4.78, 5) is 1.04. The first-order valence-electron chi connectivity index (χ1n) is 7.01. The molecule has 0 radical (unpaired) electrons. The fourth-order valence-corrected chi connectivity index (χ4v) is 4.31. The zero-order chi connectivity index (χ0) is 14.4. The van der Waals surface area contributed by atoms with E-state index in [0.717, 1.165) is 29.3 Å². The van der Waals surface area contributed by atoms with Crippen molar-refractivity contribution in [3.8, 4) is 0 Å². The van der Waals surface area contributed by atoms with Gasteiger partial charge in [-0.3, -0.25) is 0 Å². The first kappa shape index (κ1) is 15.7. The molecule has 20 heavy (non-hydrogen) atoms. The van der Waals surface area contributed by atoms with Gasteiger partial charge in [0.15, 0.2) is 0 Å². The number of sulfonamides is 1. The largest absolute Gasteiger partial charge is 0.399 e. The van der Waals surface area contributed by atoms with Gasteiger partial charge in [0.1, 0.15) is 0 Å². The maximum atomic E-state index is 11.8. The summed E-state index contributed by atoms with van der Waals surface area (Å²) in [6.07, 6.45) is 4.76. The van der Waals surface area contributed by atoms with Crippen molar-refractivity contribution < 1.29 is 8.42 Å². The maximum Gasteiger partial charge on any atom is 0.212 e. The van der Waals surface area contributed by atoms with Crippen molar-refractivity contribution in [3.63, 3.8) is 0 Å². The Bertz CT molecular complexity index is 510. The molecule has 0 bridgehead atoms. The molecular formula is C14H22N2O2S2. The zero-order valence-corrected chi connectivity index (χ0v) is 13.2. The Kier molecular flexibility index (Phi) is 5.74. The van der Waals surface area contributed by atoms with E-state index < -0.39 is 10.0 Å². The first-order valence-corrected chi connectivity index (χ1v) is 9.65. The van der Waals surface area contributed by atoms with E-state index >= 15 is 0 Å². The second-order valence-electron chi connectivity index (χ2n) is 5.22. The molecule has 2 rings (SSSR count). The summed E-state index contributed by atoms with van der Waals surface area (Å²) in [5.41, 5.74) is 6.32. The van der Waals surface area contributed by atoms with E-state index in [4.69, 9.17) is 5.73 Å². The van der Waals surface area contributed by atoms with Crippen molar-refractivity contribution >= 4 is 27.5 Å². The number of rotatable bonds is 9. The summed E-state index contributed by atoms with van der Waals surface area (Å²) < 4.78 is 26.3. The summed E-state index contributed by atoms with van der Waals surface area (Å²) in [7, 11) is -3.13. The lowest BCUT2D eigenvalue weighted by Crippen LogP contribution is -2.28. The molecule has 1 aromatic carbocycles. The first-order chi connectivity index (χ1) is 9.55. The van der Waals surface area contributed by atoms with Crippen molar-refractivity contribution in [2.75, 3.05) is 23.8 Å². The molecule has 0 saturated heterocycles. The van der Waals surface area contributed by atoms with Crippen LogP contribution in [0.3, 0.4) is 0 Å². The highest BCUT2D eigenvalue weighted by Gasteiger charge is 2.20. The number of hydrogen-bond acceptors (Lipinski definition) is 4. The van der Waals surface area contributed by atoms with Gasteiger partial charge in [0.25, 0.3) is 0 Å². The number of hydrogen-bond donors (Lipinski definition) is 2. The molecule has 0 spiro atoms. The predicted octanol–water partition coefficient (Wildman–Crippen LogP) is 2.47. The van der Waals surface area contributed by atoms with Crippen LogP contribution in [-0.4, -0.2) is 26.5 Å². The van der Waals surface area contributed by atoms with Crippen LogP contribution in [0.1, 0.15) is 25.7 Å². The third-order valence-electron chi connectivity index (χ3n) is 3.31. The molecule has 1 fully saturated rings. The molecule has 0 aliphatic heterocycles.